The molecule has 2 heterocycles. The number of fused-ring (bicyclic) bond motifs is 2. The number of hydrogen-bond donors (Lipinski definition) is 2. The lowest BCUT2D eigenvalue weighted by Crippen LogP contribution is -2.27. The molecule has 2 aromatic rings. The fourth-order valence-corrected chi connectivity index (χ4v) is 3.79. The Balaban J connectivity index is 1.66. The van der Waals surface area contributed by atoms with Crippen molar-refractivity contribution in [1.29, 1.82) is 0 Å². The van der Waals surface area contributed by atoms with Gasteiger partial charge in [-0.05, 0) is 57.9 Å². The molecule has 2 N–H and O–H groups in total. The molecule has 5 nitrogen and oxygen atoms in total. The normalized spacial score (nSPS) is 18.7. The summed E-state index contributed by atoms with van der Waals surface area (Å²) in [6.07, 6.45) is 5.85. The minimum absolute atomic E-state index is 0.0822. The first-order valence-electron chi connectivity index (χ1n) is 10.1. The molecule has 4 rings (SSSR count). The Morgan fingerprint density at radius 2 is 1.97 bits per heavy atom. The Morgan fingerprint density at radius 3 is 2.70 bits per heavy atom. The van der Waals surface area contributed by atoms with Crippen molar-refractivity contribution >= 4 is 11.9 Å². The number of carbonyl (C=O) groups excluding carboxylic acids is 1. The van der Waals surface area contributed by atoms with E-state index in [4.69, 9.17) is 9.47 Å². The van der Waals surface area contributed by atoms with Crippen LogP contribution in [0, 0.1) is 0 Å². The van der Waals surface area contributed by atoms with Crippen LogP contribution in [0.4, 0.5) is 0 Å². The number of hydrogen-bond acceptors (Lipinski definition) is 5. The minimum atomic E-state index is -0.499. The highest BCUT2D eigenvalue weighted by molar-refractivity contribution is 6.03. The van der Waals surface area contributed by atoms with E-state index in [1.165, 1.54) is 6.07 Å². The predicted octanol–water partition coefficient (Wildman–Crippen LogP) is 5.50. The molecule has 0 aromatic heterocycles. The summed E-state index contributed by atoms with van der Waals surface area (Å²) in [5.74, 6) is 0.504. The van der Waals surface area contributed by atoms with Crippen molar-refractivity contribution in [2.45, 2.75) is 52.2 Å². The molecule has 5 heteroatoms. The summed E-state index contributed by atoms with van der Waals surface area (Å²) in [5.41, 5.74) is 2.95. The van der Waals surface area contributed by atoms with E-state index in [1.807, 2.05) is 64.1 Å². The summed E-state index contributed by atoms with van der Waals surface area (Å²) >= 11 is 0. The maximum absolute atomic E-state index is 12.9. The van der Waals surface area contributed by atoms with Crippen LogP contribution >= 0.6 is 0 Å². The molecule has 0 bridgehead atoms. The van der Waals surface area contributed by atoms with Crippen molar-refractivity contribution in [3.05, 3.63) is 64.2 Å². The SMILES string of the molecule is CC(C)=CCc1c(O)cc2c(c1O)C(=O)C[C@@H](c1ccc3c(c1)C=CC(C)(C)O3)O2. The quantitative estimate of drug-likeness (QED) is 0.659. The number of ether oxygens (including phenoxy) is 2. The molecule has 0 saturated carbocycles. The van der Waals surface area contributed by atoms with Gasteiger partial charge in [0.1, 0.15) is 40.3 Å². The Bertz CT molecular complexity index is 1090. The number of carbonyl (C=O) groups is 1. The highest BCUT2D eigenvalue weighted by Gasteiger charge is 2.33. The highest BCUT2D eigenvalue weighted by atomic mass is 16.5. The van der Waals surface area contributed by atoms with Gasteiger partial charge in [0.15, 0.2) is 5.78 Å². The fourth-order valence-electron chi connectivity index (χ4n) is 3.79. The maximum Gasteiger partial charge on any atom is 0.174 e. The molecule has 2 aliphatic heterocycles. The van der Waals surface area contributed by atoms with E-state index in [1.54, 1.807) is 0 Å². The molecule has 0 fully saturated rings. The van der Waals surface area contributed by atoms with Crippen molar-refractivity contribution < 1.29 is 24.5 Å². The predicted molar refractivity (Wildman–Crippen MR) is 115 cm³/mol. The number of phenols is 2. The largest absolute Gasteiger partial charge is 0.507 e. The lowest BCUT2D eigenvalue weighted by atomic mass is 9.91. The Labute approximate surface area is 176 Å². The van der Waals surface area contributed by atoms with Gasteiger partial charge in [-0.15, -0.1) is 0 Å². The van der Waals surface area contributed by atoms with Crippen LogP contribution in [0.15, 0.2) is 42.0 Å². The van der Waals surface area contributed by atoms with E-state index < -0.39 is 6.10 Å². The van der Waals surface area contributed by atoms with E-state index in [0.717, 1.165) is 22.4 Å². The van der Waals surface area contributed by atoms with Crippen LogP contribution in [0.1, 0.15) is 67.3 Å². The van der Waals surface area contributed by atoms with Crippen molar-refractivity contribution in [1.82, 2.24) is 0 Å². The Morgan fingerprint density at radius 1 is 1.20 bits per heavy atom. The molecule has 0 amide bonds. The van der Waals surface area contributed by atoms with E-state index >= 15 is 0 Å². The van der Waals surface area contributed by atoms with Gasteiger partial charge >= 0.3 is 0 Å². The monoisotopic (exact) mass is 406 g/mol. The van der Waals surface area contributed by atoms with E-state index in [9.17, 15) is 15.0 Å². The van der Waals surface area contributed by atoms with Crippen molar-refractivity contribution in [3.63, 3.8) is 0 Å². The zero-order valence-electron chi connectivity index (χ0n) is 17.7. The fraction of sp³-hybridized carbons (Fsp3) is 0.320. The van der Waals surface area contributed by atoms with Gasteiger partial charge in [0, 0.05) is 17.2 Å². The van der Waals surface area contributed by atoms with Crippen LogP contribution in [0.25, 0.3) is 6.08 Å². The lowest BCUT2D eigenvalue weighted by Gasteiger charge is -2.30. The van der Waals surface area contributed by atoms with Crippen molar-refractivity contribution in [3.8, 4) is 23.0 Å². The van der Waals surface area contributed by atoms with Gasteiger partial charge in [0.25, 0.3) is 0 Å². The van der Waals surface area contributed by atoms with Crippen LogP contribution in [-0.2, 0) is 6.42 Å². The smallest absolute Gasteiger partial charge is 0.174 e. The number of rotatable bonds is 3. The van der Waals surface area contributed by atoms with E-state index in [0.29, 0.717) is 12.0 Å². The van der Waals surface area contributed by atoms with Gasteiger partial charge in [-0.2, -0.15) is 0 Å². The standard InChI is InChI=1S/C25H26O5/c1-14(2)5-7-17-18(26)12-22-23(24(17)28)19(27)13-21(29-22)15-6-8-20-16(11-15)9-10-25(3,4)30-20/h5-6,8-12,21,26,28H,7,13H2,1-4H3/t21-/m0/s1. The van der Waals surface area contributed by atoms with Gasteiger partial charge in [-0.3, -0.25) is 4.79 Å². The Hall–Kier alpha value is -3.21. The molecule has 0 aliphatic carbocycles. The highest BCUT2D eigenvalue weighted by Crippen LogP contribution is 2.45. The van der Waals surface area contributed by atoms with Crippen LogP contribution in [-0.4, -0.2) is 21.6 Å². The summed E-state index contributed by atoms with van der Waals surface area (Å²) in [5, 5.41) is 21.1. The second-order valence-electron chi connectivity index (χ2n) is 8.65. The third-order valence-corrected chi connectivity index (χ3v) is 5.42. The summed E-state index contributed by atoms with van der Waals surface area (Å²) in [6, 6.07) is 7.15. The molecular formula is C25H26O5. The lowest BCUT2D eigenvalue weighted by molar-refractivity contribution is 0.0844. The van der Waals surface area contributed by atoms with Gasteiger partial charge in [0.2, 0.25) is 0 Å². The molecule has 0 saturated heterocycles. The van der Waals surface area contributed by atoms with Crippen LogP contribution < -0.4 is 9.47 Å². The Kier molecular flexibility index (Phi) is 4.85. The third kappa shape index (κ3) is 3.67. The first-order valence-corrected chi connectivity index (χ1v) is 10.1. The van der Waals surface area contributed by atoms with Gasteiger partial charge in [-0.25, -0.2) is 0 Å². The van der Waals surface area contributed by atoms with E-state index in [-0.39, 0.29) is 40.6 Å². The topological polar surface area (TPSA) is 76.0 Å². The van der Waals surface area contributed by atoms with E-state index in [2.05, 4.69) is 0 Å². The summed E-state index contributed by atoms with van der Waals surface area (Å²) < 4.78 is 12.0. The van der Waals surface area contributed by atoms with Gasteiger partial charge < -0.3 is 19.7 Å². The zero-order valence-corrected chi connectivity index (χ0v) is 17.7. The van der Waals surface area contributed by atoms with Gasteiger partial charge in [0.05, 0.1) is 6.42 Å². The van der Waals surface area contributed by atoms with Gasteiger partial charge in [-0.1, -0.05) is 23.8 Å². The first-order chi connectivity index (χ1) is 14.1. The molecule has 30 heavy (non-hydrogen) atoms. The molecule has 156 valence electrons. The number of Topliss-reactive ketones (excluding diaryl/α,β-unsaturated/α-hetero) is 1. The molecule has 2 aromatic carbocycles. The molecular weight excluding hydrogens is 380 g/mol. The summed E-state index contributed by atoms with van der Waals surface area (Å²) in [7, 11) is 0. The summed E-state index contributed by atoms with van der Waals surface area (Å²) in [6.45, 7) is 7.85. The number of benzene rings is 2. The molecule has 0 unspecified atom stereocenters. The van der Waals surface area contributed by atoms with Crippen molar-refractivity contribution in [2.75, 3.05) is 0 Å². The average Bonchev–Trinajstić information content (AvgIpc) is 2.65. The summed E-state index contributed by atoms with van der Waals surface area (Å²) in [4.78, 5) is 12.9. The minimum Gasteiger partial charge on any atom is -0.507 e. The average molecular weight is 406 g/mol. The zero-order chi connectivity index (χ0) is 21.6. The molecule has 0 spiro atoms. The first kappa shape index (κ1) is 20.1. The maximum atomic E-state index is 12.9. The number of phenolic OH excluding ortho intramolecular Hbond substituents is 2. The molecule has 2 aliphatic rings. The number of aromatic hydroxyl groups is 2. The van der Waals surface area contributed by atoms with Crippen LogP contribution in [0.2, 0.25) is 0 Å². The number of ketones is 1. The third-order valence-electron chi connectivity index (χ3n) is 5.42. The molecule has 1 atom stereocenters. The van der Waals surface area contributed by atoms with Crippen LogP contribution in [0.5, 0.6) is 23.0 Å². The van der Waals surface area contributed by atoms with Crippen LogP contribution in [0.3, 0.4) is 0 Å². The number of allylic oxidation sites excluding steroid dienone is 2. The second-order valence-corrected chi connectivity index (χ2v) is 8.65. The second kappa shape index (κ2) is 7.24. The van der Waals surface area contributed by atoms with Crippen molar-refractivity contribution in [2.24, 2.45) is 0 Å². The molecule has 0 radical (unpaired) electrons.